The van der Waals surface area contributed by atoms with E-state index in [1.165, 1.54) is 6.92 Å². The second-order valence-corrected chi connectivity index (χ2v) is 9.90. The smallest absolute Gasteiger partial charge is 0.331 e. The first kappa shape index (κ1) is 28.1. The second-order valence-electron chi connectivity index (χ2n) is 9.90. The fourth-order valence-electron chi connectivity index (χ4n) is 4.35. The van der Waals surface area contributed by atoms with Gasteiger partial charge in [0.15, 0.2) is 0 Å². The third kappa shape index (κ3) is 6.72. The molecule has 0 aliphatic heterocycles. The Morgan fingerprint density at radius 1 is 1.11 bits per heavy atom. The van der Waals surface area contributed by atoms with E-state index in [0.717, 1.165) is 16.5 Å². The molecule has 8 heteroatoms. The summed E-state index contributed by atoms with van der Waals surface area (Å²) in [6.07, 6.45) is 4.11. The molecule has 0 unspecified atom stereocenters. The molecule has 0 aliphatic carbocycles. The number of likely N-dealkylation sites (N-methyl/N-ethyl adjacent to an activating group) is 2. The van der Waals surface area contributed by atoms with Crippen LogP contribution in [0.15, 0.2) is 42.1 Å². The van der Waals surface area contributed by atoms with Crippen LogP contribution in [0, 0.1) is 11.8 Å². The van der Waals surface area contributed by atoms with E-state index in [4.69, 9.17) is 0 Å². The van der Waals surface area contributed by atoms with Crippen molar-refractivity contribution in [1.29, 1.82) is 0 Å². The fourth-order valence-corrected chi connectivity index (χ4v) is 4.35. The van der Waals surface area contributed by atoms with Crippen LogP contribution in [0.25, 0.3) is 10.9 Å². The molecule has 3 atom stereocenters. The van der Waals surface area contributed by atoms with E-state index >= 15 is 0 Å². The number of aromatic nitrogens is 1. The molecule has 2 aromatic rings. The molecule has 0 saturated heterocycles. The summed E-state index contributed by atoms with van der Waals surface area (Å²) < 4.78 is 2.05. The number of carbonyl (C=O) groups is 3. The van der Waals surface area contributed by atoms with Crippen LogP contribution in [0.5, 0.6) is 0 Å². The average molecular weight is 485 g/mol. The van der Waals surface area contributed by atoms with Crippen LogP contribution in [0.4, 0.5) is 0 Å². The maximum atomic E-state index is 13.5. The van der Waals surface area contributed by atoms with Gasteiger partial charge in [0.1, 0.15) is 6.04 Å². The number of fused-ring (bicyclic) bond motifs is 1. The van der Waals surface area contributed by atoms with Gasteiger partial charge in [-0.1, -0.05) is 52.0 Å². The molecule has 0 aliphatic rings. The van der Waals surface area contributed by atoms with Crippen molar-refractivity contribution < 1.29 is 19.5 Å². The minimum atomic E-state index is -1.02. The normalized spacial score (nSPS) is 14.7. The number of carbonyl (C=O) groups excluding carboxylic acids is 2. The SMILES string of the molecule is CN[C@H](Cc1cn(C)c2ccccc12)C(=O)N[C@@H](C(=O)N(C)[C@H](/C=C(\C)C(=O)O)C(C)C)C(C)C. The number of para-hydroxylation sites is 1. The zero-order valence-electron chi connectivity index (χ0n) is 22.1. The first-order valence-electron chi connectivity index (χ1n) is 12.1. The number of aliphatic carboxylic acids is 1. The van der Waals surface area contributed by atoms with E-state index in [1.807, 2.05) is 69.8 Å². The molecule has 1 heterocycles. The first-order valence-corrected chi connectivity index (χ1v) is 12.1. The Balaban J connectivity index is 2.24. The number of carboxylic acid groups (broad SMARTS) is 1. The van der Waals surface area contributed by atoms with Gasteiger partial charge in [-0.25, -0.2) is 4.79 Å². The summed E-state index contributed by atoms with van der Waals surface area (Å²) in [5.41, 5.74) is 2.33. The summed E-state index contributed by atoms with van der Waals surface area (Å²) in [5, 5.41) is 16.4. The van der Waals surface area contributed by atoms with Crippen molar-refractivity contribution in [3.05, 3.63) is 47.7 Å². The molecular weight excluding hydrogens is 444 g/mol. The predicted octanol–water partition coefficient (Wildman–Crippen LogP) is 2.96. The Kier molecular flexibility index (Phi) is 9.65. The van der Waals surface area contributed by atoms with Crippen molar-refractivity contribution in [2.75, 3.05) is 14.1 Å². The van der Waals surface area contributed by atoms with Gasteiger partial charge < -0.3 is 25.2 Å². The maximum absolute atomic E-state index is 13.5. The summed E-state index contributed by atoms with van der Waals surface area (Å²) >= 11 is 0. The van der Waals surface area contributed by atoms with E-state index in [-0.39, 0.29) is 29.2 Å². The molecule has 0 radical (unpaired) electrons. The number of hydrogen-bond donors (Lipinski definition) is 3. The van der Waals surface area contributed by atoms with Gasteiger partial charge in [-0.2, -0.15) is 0 Å². The summed E-state index contributed by atoms with van der Waals surface area (Å²) in [6.45, 7) is 9.16. The summed E-state index contributed by atoms with van der Waals surface area (Å²) in [7, 11) is 5.38. The highest BCUT2D eigenvalue weighted by Gasteiger charge is 2.33. The zero-order valence-corrected chi connectivity index (χ0v) is 22.1. The van der Waals surface area contributed by atoms with Gasteiger partial charge in [0.2, 0.25) is 11.8 Å². The zero-order chi connectivity index (χ0) is 26.4. The third-order valence-electron chi connectivity index (χ3n) is 6.53. The molecule has 0 bridgehead atoms. The molecule has 0 saturated carbocycles. The molecular formula is C27H40N4O4. The largest absolute Gasteiger partial charge is 0.478 e. The lowest BCUT2D eigenvalue weighted by Gasteiger charge is -2.34. The Hall–Kier alpha value is -3.13. The number of rotatable bonds is 11. The van der Waals surface area contributed by atoms with Crippen LogP contribution in [0.1, 0.15) is 40.2 Å². The molecule has 35 heavy (non-hydrogen) atoms. The Labute approximate surface area is 208 Å². The molecule has 192 valence electrons. The monoisotopic (exact) mass is 484 g/mol. The lowest BCUT2D eigenvalue weighted by Crippen LogP contribution is -2.56. The van der Waals surface area contributed by atoms with E-state index in [2.05, 4.69) is 10.6 Å². The Bertz CT molecular complexity index is 1090. The number of aryl methyl sites for hydroxylation is 1. The fraction of sp³-hybridized carbons (Fsp3) is 0.519. The lowest BCUT2D eigenvalue weighted by atomic mass is 9.96. The summed E-state index contributed by atoms with van der Waals surface area (Å²) in [4.78, 5) is 39.7. The molecule has 3 N–H and O–H groups in total. The molecule has 8 nitrogen and oxygen atoms in total. The van der Waals surface area contributed by atoms with Crippen molar-refractivity contribution in [3.63, 3.8) is 0 Å². The van der Waals surface area contributed by atoms with Crippen molar-refractivity contribution in [2.24, 2.45) is 18.9 Å². The van der Waals surface area contributed by atoms with Crippen LogP contribution in [0.2, 0.25) is 0 Å². The Morgan fingerprint density at radius 3 is 2.29 bits per heavy atom. The molecule has 0 spiro atoms. The summed E-state index contributed by atoms with van der Waals surface area (Å²) in [6, 6.07) is 6.39. The third-order valence-corrected chi connectivity index (χ3v) is 6.53. The standard InChI is InChI=1S/C27H40N4O4/c1-16(2)23(13-18(5)27(34)35)31(8)26(33)24(17(3)4)29-25(32)21(28-6)14-19-15-30(7)22-12-10-9-11-20(19)22/h9-13,15-17,21,23-24,28H,14H2,1-8H3,(H,29,32)(H,34,35)/b18-13+/t21-,23-,24-/m1/s1. The number of nitrogens with zero attached hydrogens (tertiary/aromatic N) is 2. The van der Waals surface area contributed by atoms with Gasteiger partial charge in [0.25, 0.3) is 0 Å². The van der Waals surface area contributed by atoms with Gasteiger partial charge in [0.05, 0.1) is 12.1 Å². The molecule has 2 rings (SSSR count). The van der Waals surface area contributed by atoms with E-state index in [0.29, 0.717) is 6.42 Å². The van der Waals surface area contributed by atoms with E-state index in [9.17, 15) is 19.5 Å². The second kappa shape index (κ2) is 12.0. The molecule has 2 amide bonds. The van der Waals surface area contributed by atoms with E-state index < -0.39 is 24.1 Å². The van der Waals surface area contributed by atoms with Crippen LogP contribution in [-0.4, -0.2) is 64.6 Å². The Morgan fingerprint density at radius 2 is 1.74 bits per heavy atom. The van der Waals surface area contributed by atoms with Crippen LogP contribution >= 0.6 is 0 Å². The number of carboxylic acids is 1. The molecule has 1 aromatic heterocycles. The van der Waals surface area contributed by atoms with E-state index in [1.54, 1.807) is 25.1 Å². The van der Waals surface area contributed by atoms with Crippen LogP contribution < -0.4 is 10.6 Å². The quantitative estimate of drug-likeness (QED) is 0.426. The van der Waals surface area contributed by atoms with Crippen molar-refractivity contribution in [3.8, 4) is 0 Å². The van der Waals surface area contributed by atoms with Crippen molar-refractivity contribution in [2.45, 2.75) is 59.2 Å². The van der Waals surface area contributed by atoms with Crippen LogP contribution in [-0.2, 0) is 27.9 Å². The van der Waals surface area contributed by atoms with Gasteiger partial charge in [-0.05, 0) is 43.9 Å². The average Bonchev–Trinajstić information content (AvgIpc) is 3.12. The molecule has 0 fully saturated rings. The highest BCUT2D eigenvalue weighted by atomic mass is 16.4. The number of nitrogens with one attached hydrogen (secondary N) is 2. The topological polar surface area (TPSA) is 104 Å². The minimum absolute atomic E-state index is 0.00168. The highest BCUT2D eigenvalue weighted by molar-refractivity contribution is 5.91. The van der Waals surface area contributed by atoms with Crippen LogP contribution in [0.3, 0.4) is 0 Å². The first-order chi connectivity index (χ1) is 16.4. The summed E-state index contributed by atoms with van der Waals surface area (Å²) in [5.74, 6) is -1.67. The number of hydrogen-bond acceptors (Lipinski definition) is 4. The predicted molar refractivity (Wildman–Crippen MR) is 139 cm³/mol. The minimum Gasteiger partial charge on any atom is -0.478 e. The van der Waals surface area contributed by atoms with Gasteiger partial charge >= 0.3 is 5.97 Å². The van der Waals surface area contributed by atoms with Gasteiger partial charge in [0, 0.05) is 36.8 Å². The number of benzene rings is 1. The highest BCUT2D eigenvalue weighted by Crippen LogP contribution is 2.22. The maximum Gasteiger partial charge on any atom is 0.331 e. The lowest BCUT2D eigenvalue weighted by molar-refractivity contribution is -0.138. The van der Waals surface area contributed by atoms with Gasteiger partial charge in [-0.15, -0.1) is 0 Å². The van der Waals surface area contributed by atoms with Crippen molar-refractivity contribution in [1.82, 2.24) is 20.1 Å². The number of amides is 2. The molecule has 1 aromatic carbocycles. The van der Waals surface area contributed by atoms with Gasteiger partial charge in [-0.3, -0.25) is 9.59 Å². The van der Waals surface area contributed by atoms with Crippen molar-refractivity contribution >= 4 is 28.7 Å².